The number of rotatable bonds is 4. The number of hydrogen-bond donors (Lipinski definition) is 1. The molecule has 2 aliphatic heterocycles. The number of ether oxygens (including phenoxy) is 1. The van der Waals surface area contributed by atoms with Gasteiger partial charge in [0.25, 0.3) is 0 Å². The predicted octanol–water partition coefficient (Wildman–Crippen LogP) is 4.56. The van der Waals surface area contributed by atoms with Crippen molar-refractivity contribution in [1.82, 2.24) is 9.47 Å². The van der Waals surface area contributed by atoms with Crippen LogP contribution in [0.5, 0.6) is 0 Å². The Morgan fingerprint density at radius 3 is 2.46 bits per heavy atom. The number of carboxylic acid groups (broad SMARTS) is 1. The summed E-state index contributed by atoms with van der Waals surface area (Å²) in [5.74, 6) is -1.19. The van der Waals surface area contributed by atoms with Crippen LogP contribution in [0.25, 0.3) is 11.3 Å². The van der Waals surface area contributed by atoms with Gasteiger partial charge in [0, 0.05) is 37.7 Å². The minimum absolute atomic E-state index is 0.0165. The van der Waals surface area contributed by atoms with E-state index in [1.54, 1.807) is 6.20 Å². The maximum Gasteiger partial charge on any atom is 0.341 e. The van der Waals surface area contributed by atoms with E-state index in [1.807, 2.05) is 18.4 Å². The second-order valence-corrected chi connectivity index (χ2v) is 11.3. The Morgan fingerprint density at radius 2 is 1.89 bits per heavy atom. The molecule has 0 bridgehead atoms. The Hall–Kier alpha value is -2.86. The van der Waals surface area contributed by atoms with Crippen LogP contribution in [0.3, 0.4) is 0 Å². The summed E-state index contributed by atoms with van der Waals surface area (Å²) in [4.78, 5) is 26.9. The van der Waals surface area contributed by atoms with Crippen molar-refractivity contribution in [3.63, 3.8) is 0 Å². The molecule has 0 amide bonds. The summed E-state index contributed by atoms with van der Waals surface area (Å²) >= 11 is 0. The monoisotopic (exact) mass is 508 g/mol. The van der Waals surface area contributed by atoms with Crippen molar-refractivity contribution in [3.8, 4) is 0 Å². The third-order valence-corrected chi connectivity index (χ3v) is 7.38. The highest BCUT2D eigenvalue weighted by molar-refractivity contribution is 5.87. The molecule has 6 nitrogen and oxygen atoms in total. The molecule has 2 aliphatic rings. The van der Waals surface area contributed by atoms with Crippen LogP contribution in [-0.4, -0.2) is 46.8 Å². The molecule has 202 valence electrons. The van der Waals surface area contributed by atoms with Gasteiger partial charge >= 0.3 is 5.97 Å². The molecule has 37 heavy (non-hydrogen) atoms. The van der Waals surface area contributed by atoms with E-state index in [4.69, 9.17) is 4.74 Å². The van der Waals surface area contributed by atoms with Gasteiger partial charge in [-0.3, -0.25) is 4.79 Å². The molecular formula is C31H44N2O4. The van der Waals surface area contributed by atoms with E-state index >= 15 is 0 Å². The van der Waals surface area contributed by atoms with Gasteiger partial charge in [-0.25, -0.2) is 4.79 Å². The average Bonchev–Trinajstić information content (AvgIpc) is 3.36. The molecule has 0 radical (unpaired) electrons. The van der Waals surface area contributed by atoms with Gasteiger partial charge in [-0.15, -0.1) is 0 Å². The van der Waals surface area contributed by atoms with Crippen molar-refractivity contribution in [1.29, 1.82) is 0 Å². The highest BCUT2D eigenvalue weighted by Gasteiger charge is 2.35. The number of aryl methyl sites for hydroxylation is 1. The summed E-state index contributed by atoms with van der Waals surface area (Å²) in [6.45, 7) is 16.3. The van der Waals surface area contributed by atoms with Gasteiger partial charge in [0.15, 0.2) is 5.43 Å². The summed E-state index contributed by atoms with van der Waals surface area (Å²) in [7, 11) is 2.07. The molecule has 3 heterocycles. The molecule has 0 spiro atoms. The molecule has 1 N–H and O–H groups in total. The van der Waals surface area contributed by atoms with Crippen LogP contribution in [0.1, 0.15) is 95.4 Å². The first kappa shape index (κ1) is 28.7. The normalized spacial score (nSPS) is 20.7. The van der Waals surface area contributed by atoms with Gasteiger partial charge in [-0.1, -0.05) is 58.4 Å². The fraction of sp³-hybridized carbons (Fsp3) is 0.548. The highest BCUT2D eigenvalue weighted by atomic mass is 16.5. The van der Waals surface area contributed by atoms with Crippen LogP contribution in [-0.2, 0) is 11.2 Å². The number of carboxylic acids is 1. The molecule has 1 saturated heterocycles. The fourth-order valence-electron chi connectivity index (χ4n) is 5.61. The molecule has 0 saturated carbocycles. The van der Waals surface area contributed by atoms with Gasteiger partial charge in [-0.05, 0) is 55.7 Å². The fourth-order valence-corrected chi connectivity index (χ4v) is 5.61. The second kappa shape index (κ2) is 11.7. The smallest absolute Gasteiger partial charge is 0.341 e. The largest absolute Gasteiger partial charge is 0.477 e. The maximum atomic E-state index is 12.9. The Bertz CT molecular complexity index is 1310. The average molecular weight is 509 g/mol. The van der Waals surface area contributed by atoms with Gasteiger partial charge < -0.3 is 19.3 Å². The summed E-state index contributed by atoms with van der Waals surface area (Å²) in [5, 5.41) is 11.9. The number of nitrogens with zero attached hydrogens (tertiary/aromatic N) is 2. The van der Waals surface area contributed by atoms with E-state index in [1.165, 1.54) is 22.4 Å². The molecule has 2 aromatic rings. The van der Waals surface area contributed by atoms with E-state index in [0.717, 1.165) is 55.4 Å². The standard InChI is InChI=1S/C29H38N2O4.C2H6/c1-18(2)26-19(12-13-20-10-8-14-35-20)9-7-11-21(26)27-23-15-24(32)22(28(33)34)16-31(23)25(17-30(27)6)29(3,4)5;1-2/h7,9,11,15-16,20,25H,8,10,12-14,17H2,1-6H3,(H,33,34);1-2H3/b27-21-;. The zero-order chi connectivity index (χ0) is 27.5. The van der Waals surface area contributed by atoms with E-state index < -0.39 is 11.4 Å². The number of hydrogen-bond acceptors (Lipinski definition) is 4. The SMILES string of the molecule is CC.CC(C)=c1c(CCC2CCCO2)ccc/c1=C1\c2cc(=O)c(C(=O)O)cn2C(C(C)(C)C)CN1C. The predicted molar refractivity (Wildman–Crippen MR) is 150 cm³/mol. The Labute approximate surface area is 221 Å². The minimum Gasteiger partial charge on any atom is -0.477 e. The first-order valence-electron chi connectivity index (χ1n) is 13.6. The molecule has 1 fully saturated rings. The van der Waals surface area contributed by atoms with Crippen LogP contribution in [0.2, 0.25) is 0 Å². The number of carbonyl (C=O) groups is 1. The van der Waals surface area contributed by atoms with Crippen molar-refractivity contribution >= 4 is 17.2 Å². The first-order chi connectivity index (χ1) is 17.5. The van der Waals surface area contributed by atoms with Crippen molar-refractivity contribution in [3.05, 3.63) is 67.9 Å². The van der Waals surface area contributed by atoms with Gasteiger partial charge in [0.1, 0.15) is 5.56 Å². The van der Waals surface area contributed by atoms with Crippen molar-refractivity contribution < 1.29 is 14.6 Å². The third-order valence-electron chi connectivity index (χ3n) is 7.38. The van der Waals surface area contributed by atoms with Crippen molar-refractivity contribution in [2.75, 3.05) is 20.2 Å². The molecule has 1 aromatic carbocycles. The molecule has 6 heteroatoms. The zero-order valence-corrected chi connectivity index (χ0v) is 23.9. The number of fused-ring (bicyclic) bond motifs is 1. The minimum atomic E-state index is -1.19. The van der Waals surface area contributed by atoms with E-state index in [0.29, 0.717) is 6.10 Å². The van der Waals surface area contributed by atoms with Gasteiger partial charge in [-0.2, -0.15) is 0 Å². The highest BCUT2D eigenvalue weighted by Crippen LogP contribution is 2.37. The van der Waals surface area contributed by atoms with Crippen LogP contribution in [0.15, 0.2) is 35.3 Å². The zero-order valence-electron chi connectivity index (χ0n) is 23.9. The lowest BCUT2D eigenvalue weighted by atomic mass is 9.84. The van der Waals surface area contributed by atoms with Crippen molar-refractivity contribution in [2.24, 2.45) is 5.41 Å². The summed E-state index contributed by atoms with van der Waals surface area (Å²) in [6, 6.07) is 7.95. The summed E-state index contributed by atoms with van der Waals surface area (Å²) in [5.41, 5.74) is 3.47. The Morgan fingerprint density at radius 1 is 1.19 bits per heavy atom. The first-order valence-corrected chi connectivity index (χ1v) is 13.6. The Kier molecular flexibility index (Phi) is 9.06. The lowest BCUT2D eigenvalue weighted by molar-refractivity contribution is 0.0693. The number of aromatic nitrogens is 1. The molecule has 2 unspecified atom stereocenters. The van der Waals surface area contributed by atoms with E-state index in [9.17, 15) is 14.7 Å². The van der Waals surface area contributed by atoms with E-state index in [-0.39, 0.29) is 17.0 Å². The molecule has 2 atom stereocenters. The maximum absolute atomic E-state index is 12.9. The van der Waals surface area contributed by atoms with E-state index in [2.05, 4.69) is 64.8 Å². The topological polar surface area (TPSA) is 71.8 Å². The Balaban J connectivity index is 0.00000186. The lowest BCUT2D eigenvalue weighted by Gasteiger charge is -2.43. The summed E-state index contributed by atoms with van der Waals surface area (Å²) < 4.78 is 7.89. The molecule has 0 aliphatic carbocycles. The third kappa shape index (κ3) is 6.01. The number of benzene rings is 1. The van der Waals surface area contributed by atoms with Crippen LogP contribution < -0.4 is 15.9 Å². The number of pyridine rings is 1. The van der Waals surface area contributed by atoms with Gasteiger partial charge in [0.2, 0.25) is 0 Å². The van der Waals surface area contributed by atoms with Crippen molar-refractivity contribution in [2.45, 2.75) is 86.3 Å². The molecule has 4 rings (SSSR count). The number of aromatic carboxylic acids is 1. The molecular weight excluding hydrogens is 464 g/mol. The molecule has 1 aromatic heterocycles. The van der Waals surface area contributed by atoms with Crippen LogP contribution in [0, 0.1) is 5.41 Å². The summed E-state index contributed by atoms with van der Waals surface area (Å²) in [6.07, 6.45) is 6.07. The van der Waals surface area contributed by atoms with Crippen LogP contribution >= 0.6 is 0 Å². The van der Waals surface area contributed by atoms with Crippen LogP contribution in [0.4, 0.5) is 0 Å². The second-order valence-electron chi connectivity index (χ2n) is 11.3. The quantitative estimate of drug-likeness (QED) is 0.655. The van der Waals surface area contributed by atoms with Gasteiger partial charge in [0.05, 0.1) is 23.5 Å². The number of likely N-dealkylation sites (N-methyl/N-ethyl adjacent to an activating group) is 1. The lowest BCUT2D eigenvalue weighted by Crippen LogP contribution is -2.46.